The van der Waals surface area contributed by atoms with Crippen LogP contribution in [0.3, 0.4) is 0 Å². The van der Waals surface area contributed by atoms with Crippen LogP contribution in [0.2, 0.25) is 0 Å². The Morgan fingerprint density at radius 1 is 1.58 bits per heavy atom. The van der Waals surface area contributed by atoms with Crippen molar-refractivity contribution in [2.75, 3.05) is 0 Å². The lowest BCUT2D eigenvalue weighted by atomic mass is 10.0. The van der Waals surface area contributed by atoms with Crippen LogP contribution in [-0.2, 0) is 4.79 Å². The molecule has 0 saturated heterocycles. The van der Waals surface area contributed by atoms with E-state index in [1.165, 1.54) is 0 Å². The molecule has 0 saturated carbocycles. The molecule has 0 aliphatic rings. The molecule has 3 unspecified atom stereocenters. The Labute approximate surface area is 107 Å². The Balaban J connectivity index is 4.09. The van der Waals surface area contributed by atoms with Crippen molar-refractivity contribution >= 4 is 63.6 Å². The Hall–Kier alpha value is 1.48. The van der Waals surface area contributed by atoms with Crippen LogP contribution in [0.15, 0.2) is 0 Å². The van der Waals surface area contributed by atoms with Gasteiger partial charge in [-0.05, 0) is 6.42 Å². The summed E-state index contributed by atoms with van der Waals surface area (Å²) in [5.74, 6) is 2.20. The highest BCUT2D eigenvalue weighted by atomic mass is 127. The average molecular weight is 411 g/mol. The van der Waals surface area contributed by atoms with E-state index in [4.69, 9.17) is 0 Å². The first-order valence-electron chi connectivity index (χ1n) is 3.84. The molecule has 1 nitrogen and oxygen atoms in total. The number of ketones is 1. The van der Waals surface area contributed by atoms with Crippen molar-refractivity contribution in [3.8, 4) is 0 Å². The highest BCUT2D eigenvalue weighted by Crippen LogP contribution is 2.23. The molecule has 0 amide bonds. The third kappa shape index (κ3) is 4.13. The van der Waals surface area contributed by atoms with Gasteiger partial charge in [0.1, 0.15) is 5.78 Å². The van der Waals surface area contributed by atoms with Gasteiger partial charge in [0.05, 0.1) is 3.92 Å². The molecule has 0 heterocycles. The Bertz CT molecular complexity index is 152. The molecule has 0 aromatic heterocycles. The van der Waals surface area contributed by atoms with Crippen LogP contribution in [0.5, 0.6) is 0 Å². The van der Waals surface area contributed by atoms with Gasteiger partial charge >= 0.3 is 0 Å². The number of hydrogen-bond acceptors (Lipinski definition) is 2. The lowest BCUT2D eigenvalue weighted by molar-refractivity contribution is -0.121. The van der Waals surface area contributed by atoms with E-state index in [2.05, 4.69) is 57.8 Å². The van der Waals surface area contributed by atoms with E-state index in [1.807, 2.05) is 13.8 Å². The molecule has 1 radical (unpaired) electrons. The zero-order valence-corrected chi connectivity index (χ0v) is 12.3. The molecule has 4 heteroatoms. The van der Waals surface area contributed by atoms with Gasteiger partial charge in [0.15, 0.2) is 0 Å². The molecular formula is C8H13I2OS. The second kappa shape index (κ2) is 6.86. The molecule has 3 atom stereocenters. The van der Waals surface area contributed by atoms with Crippen LogP contribution in [0.1, 0.15) is 20.3 Å². The molecule has 0 aromatic rings. The maximum absolute atomic E-state index is 11.6. The molecule has 12 heavy (non-hydrogen) atoms. The lowest BCUT2D eigenvalue weighted by Crippen LogP contribution is -2.27. The second-order valence-corrected chi connectivity index (χ2v) is 5.90. The second-order valence-electron chi connectivity index (χ2n) is 2.66. The first kappa shape index (κ1) is 13.5. The van der Waals surface area contributed by atoms with E-state index >= 15 is 0 Å². The first-order chi connectivity index (χ1) is 5.54. The van der Waals surface area contributed by atoms with E-state index in [1.54, 1.807) is 5.75 Å². The first-order valence-corrected chi connectivity index (χ1v) is 6.84. The fourth-order valence-corrected chi connectivity index (χ4v) is 1.95. The minimum atomic E-state index is 0.0879. The van der Waals surface area contributed by atoms with Crippen molar-refractivity contribution in [2.45, 2.75) is 28.1 Å². The highest BCUT2D eigenvalue weighted by molar-refractivity contribution is 14.1. The molecule has 71 valence electrons. The van der Waals surface area contributed by atoms with Crippen LogP contribution in [0, 0.1) is 11.7 Å². The fraction of sp³-hybridized carbons (Fsp3) is 0.750. The Morgan fingerprint density at radius 2 is 2.08 bits per heavy atom. The third-order valence-corrected chi connectivity index (χ3v) is 5.56. The number of carbonyl (C=O) groups excluding carboxylic acids is 1. The zero-order chi connectivity index (χ0) is 9.72. The van der Waals surface area contributed by atoms with Gasteiger partial charge in [-0.2, -0.15) is 12.6 Å². The predicted molar refractivity (Wildman–Crippen MR) is 73.4 cm³/mol. The fourth-order valence-electron chi connectivity index (χ4n) is 0.772. The highest BCUT2D eigenvalue weighted by Gasteiger charge is 2.24. The summed E-state index contributed by atoms with van der Waals surface area (Å²) in [4.78, 5) is 11.6. The monoisotopic (exact) mass is 411 g/mol. The van der Waals surface area contributed by atoms with Crippen LogP contribution in [-0.4, -0.2) is 13.6 Å². The number of carbonyl (C=O) groups is 1. The van der Waals surface area contributed by atoms with Gasteiger partial charge in [0.2, 0.25) is 0 Å². The summed E-state index contributed by atoms with van der Waals surface area (Å²) in [6.45, 7) is 4.00. The smallest absolute Gasteiger partial charge is 0.149 e. The van der Waals surface area contributed by atoms with Gasteiger partial charge in [-0.1, -0.05) is 59.0 Å². The Kier molecular flexibility index (Phi) is 7.71. The van der Waals surface area contributed by atoms with E-state index < -0.39 is 0 Å². The topological polar surface area (TPSA) is 17.1 Å². The molecule has 0 N–H and O–H groups in total. The predicted octanol–water partition coefficient (Wildman–Crippen LogP) is 3.30. The largest absolute Gasteiger partial charge is 0.298 e. The van der Waals surface area contributed by atoms with Gasteiger partial charge < -0.3 is 0 Å². The van der Waals surface area contributed by atoms with E-state index in [0.29, 0.717) is 5.78 Å². The minimum absolute atomic E-state index is 0.0879. The number of Topliss-reactive ketones (excluding diaryl/α,β-unsaturated/α-hetero) is 1. The van der Waals surface area contributed by atoms with Crippen molar-refractivity contribution in [3.63, 3.8) is 0 Å². The maximum Gasteiger partial charge on any atom is 0.149 e. The number of alkyl halides is 2. The molecular weight excluding hydrogens is 398 g/mol. The van der Waals surface area contributed by atoms with Crippen LogP contribution in [0.4, 0.5) is 0 Å². The molecule has 0 spiro atoms. The summed E-state index contributed by atoms with van der Waals surface area (Å²) in [7, 11) is 0. The number of thiol groups is 1. The van der Waals surface area contributed by atoms with Crippen molar-refractivity contribution in [1.29, 1.82) is 0 Å². The summed E-state index contributed by atoms with van der Waals surface area (Å²) < 4.78 is 0.394. The van der Waals surface area contributed by atoms with Gasteiger partial charge in [-0.15, -0.1) is 0 Å². The van der Waals surface area contributed by atoms with Crippen LogP contribution < -0.4 is 0 Å². The molecule has 0 bridgehead atoms. The summed E-state index contributed by atoms with van der Waals surface area (Å²) in [5.41, 5.74) is 0. The summed E-state index contributed by atoms with van der Waals surface area (Å²) >= 11 is 8.50. The number of rotatable bonds is 5. The van der Waals surface area contributed by atoms with E-state index in [0.717, 1.165) is 6.42 Å². The number of halogens is 2. The molecule has 0 aromatic carbocycles. The van der Waals surface area contributed by atoms with Gasteiger partial charge in [-0.3, -0.25) is 4.79 Å². The summed E-state index contributed by atoms with van der Waals surface area (Å²) in [6.07, 6.45) is 0.916. The van der Waals surface area contributed by atoms with Crippen LogP contribution in [0.25, 0.3) is 0 Å². The molecule has 0 fully saturated rings. The normalized spacial score (nSPS) is 18.4. The third-order valence-electron chi connectivity index (χ3n) is 1.74. The quantitative estimate of drug-likeness (QED) is 0.418. The van der Waals surface area contributed by atoms with Crippen molar-refractivity contribution in [1.82, 2.24) is 0 Å². The zero-order valence-electron chi connectivity index (χ0n) is 7.13. The van der Waals surface area contributed by atoms with Gasteiger partial charge in [0, 0.05) is 15.6 Å². The summed E-state index contributed by atoms with van der Waals surface area (Å²) in [6, 6.07) is 0. The summed E-state index contributed by atoms with van der Waals surface area (Å²) in [5, 5.41) is 0. The molecule has 0 rings (SSSR count). The Morgan fingerprint density at radius 3 is 2.42 bits per heavy atom. The maximum atomic E-state index is 11.6. The van der Waals surface area contributed by atoms with E-state index in [-0.39, 0.29) is 13.8 Å². The van der Waals surface area contributed by atoms with Crippen molar-refractivity contribution < 1.29 is 4.79 Å². The average Bonchev–Trinajstić information content (AvgIpc) is 2.12. The molecule has 0 aliphatic carbocycles. The van der Waals surface area contributed by atoms with Crippen molar-refractivity contribution in [3.05, 3.63) is 5.75 Å². The lowest BCUT2D eigenvalue weighted by Gasteiger charge is -2.17. The van der Waals surface area contributed by atoms with E-state index in [9.17, 15) is 4.79 Å². The molecule has 0 aliphatic heterocycles. The van der Waals surface area contributed by atoms with Crippen molar-refractivity contribution in [2.24, 2.45) is 5.92 Å². The van der Waals surface area contributed by atoms with Gasteiger partial charge in [-0.25, -0.2) is 0 Å². The SMILES string of the molecule is CCC(I)C(=O)C(C)C(I)[CH]S. The standard InChI is InChI=1S/C8H13I2OS/c1-3-6(9)8(11)5(2)7(10)4-12/h4-7,12H,3H2,1-2H3. The number of hydrogen-bond donors (Lipinski definition) is 1. The van der Waals surface area contributed by atoms with Crippen LogP contribution >= 0.6 is 57.8 Å². The minimum Gasteiger partial charge on any atom is -0.298 e. The van der Waals surface area contributed by atoms with Gasteiger partial charge in [0.25, 0.3) is 0 Å².